The second-order valence-electron chi connectivity index (χ2n) is 5.60. The summed E-state index contributed by atoms with van der Waals surface area (Å²) in [7, 11) is 0. The lowest BCUT2D eigenvalue weighted by Gasteiger charge is -2.20. The first kappa shape index (κ1) is 11.8. The van der Waals surface area contributed by atoms with E-state index in [1.54, 1.807) is 0 Å². The van der Waals surface area contributed by atoms with E-state index in [9.17, 15) is 4.79 Å². The Kier molecular flexibility index (Phi) is 3.11. The van der Waals surface area contributed by atoms with E-state index in [4.69, 9.17) is 4.74 Å². The Morgan fingerprint density at radius 3 is 2.56 bits per heavy atom. The van der Waals surface area contributed by atoms with Crippen LogP contribution in [0.3, 0.4) is 0 Å². The molecule has 2 aliphatic carbocycles. The molecule has 0 spiro atoms. The number of ether oxygens (including phenoxy) is 1. The average Bonchev–Trinajstić information content (AvgIpc) is 3.01. The minimum absolute atomic E-state index is 0.293. The number of carbonyl (C=O) groups is 1. The van der Waals surface area contributed by atoms with Crippen LogP contribution in [-0.2, 0) is 0 Å². The van der Waals surface area contributed by atoms with E-state index in [-0.39, 0.29) is 0 Å². The van der Waals surface area contributed by atoms with E-state index >= 15 is 0 Å². The number of Topliss-reactive ketones (excluding diaryl/α,β-unsaturated/α-hetero) is 1. The van der Waals surface area contributed by atoms with Gasteiger partial charge in [0.2, 0.25) is 0 Å². The first-order valence-electron chi connectivity index (χ1n) is 7.05. The van der Waals surface area contributed by atoms with Crippen molar-refractivity contribution in [2.24, 2.45) is 17.8 Å². The topological polar surface area (TPSA) is 26.3 Å². The van der Waals surface area contributed by atoms with Gasteiger partial charge in [-0.2, -0.15) is 0 Å². The van der Waals surface area contributed by atoms with Gasteiger partial charge in [-0.05, 0) is 62.3 Å². The third-order valence-corrected chi connectivity index (χ3v) is 4.52. The van der Waals surface area contributed by atoms with Gasteiger partial charge in [0.25, 0.3) is 0 Å². The van der Waals surface area contributed by atoms with Crippen LogP contribution in [0.1, 0.15) is 43.0 Å². The predicted octanol–water partition coefficient (Wildman–Crippen LogP) is 3.70. The highest BCUT2D eigenvalue weighted by atomic mass is 16.5. The molecule has 0 N–H and O–H groups in total. The molecule has 0 aromatic heterocycles. The highest BCUT2D eigenvalue weighted by Gasteiger charge is 2.43. The van der Waals surface area contributed by atoms with E-state index in [1.165, 1.54) is 19.3 Å². The van der Waals surface area contributed by atoms with Crippen LogP contribution < -0.4 is 4.74 Å². The minimum Gasteiger partial charge on any atom is -0.494 e. The van der Waals surface area contributed by atoms with Crippen molar-refractivity contribution in [3.8, 4) is 5.75 Å². The molecule has 0 amide bonds. The van der Waals surface area contributed by atoms with Crippen LogP contribution in [-0.4, -0.2) is 12.4 Å². The molecule has 3 unspecified atom stereocenters. The van der Waals surface area contributed by atoms with Gasteiger partial charge in [0.15, 0.2) is 5.78 Å². The quantitative estimate of drug-likeness (QED) is 0.755. The Morgan fingerprint density at radius 1 is 1.22 bits per heavy atom. The van der Waals surface area contributed by atoms with Crippen molar-refractivity contribution in [2.45, 2.75) is 32.6 Å². The highest BCUT2D eigenvalue weighted by Crippen LogP contribution is 2.49. The maximum atomic E-state index is 12.5. The van der Waals surface area contributed by atoms with Crippen LogP contribution in [0.25, 0.3) is 0 Å². The highest BCUT2D eigenvalue weighted by molar-refractivity contribution is 5.98. The fourth-order valence-electron chi connectivity index (χ4n) is 3.66. The Hall–Kier alpha value is -1.31. The SMILES string of the molecule is CCOc1ccc(C(=O)C2CC3CCC2C3)cc1. The first-order chi connectivity index (χ1) is 8.78. The normalized spacial score (nSPS) is 29.5. The molecule has 96 valence electrons. The fourth-order valence-corrected chi connectivity index (χ4v) is 3.66. The zero-order valence-electron chi connectivity index (χ0n) is 10.9. The van der Waals surface area contributed by atoms with E-state index in [2.05, 4.69) is 0 Å². The second kappa shape index (κ2) is 4.75. The lowest BCUT2D eigenvalue weighted by molar-refractivity contribution is 0.0874. The molecule has 18 heavy (non-hydrogen) atoms. The largest absolute Gasteiger partial charge is 0.494 e. The molecule has 2 fully saturated rings. The van der Waals surface area contributed by atoms with E-state index in [1.807, 2.05) is 31.2 Å². The molecule has 2 heteroatoms. The van der Waals surface area contributed by atoms with Crippen molar-refractivity contribution in [2.75, 3.05) is 6.61 Å². The van der Waals surface area contributed by atoms with Gasteiger partial charge in [-0.3, -0.25) is 4.79 Å². The summed E-state index contributed by atoms with van der Waals surface area (Å²) < 4.78 is 5.40. The summed E-state index contributed by atoms with van der Waals surface area (Å²) in [6.07, 6.45) is 5.01. The molecule has 2 saturated carbocycles. The van der Waals surface area contributed by atoms with Gasteiger partial charge in [-0.15, -0.1) is 0 Å². The number of ketones is 1. The van der Waals surface area contributed by atoms with Crippen molar-refractivity contribution in [3.05, 3.63) is 29.8 Å². The fraction of sp³-hybridized carbons (Fsp3) is 0.562. The molecule has 2 bridgehead atoms. The van der Waals surface area contributed by atoms with Crippen molar-refractivity contribution in [3.63, 3.8) is 0 Å². The molecule has 0 heterocycles. The van der Waals surface area contributed by atoms with Gasteiger partial charge >= 0.3 is 0 Å². The molecular formula is C16H20O2. The monoisotopic (exact) mass is 244 g/mol. The molecule has 2 nitrogen and oxygen atoms in total. The summed E-state index contributed by atoms with van der Waals surface area (Å²) in [4.78, 5) is 12.5. The van der Waals surface area contributed by atoms with E-state index < -0.39 is 0 Å². The summed E-state index contributed by atoms with van der Waals surface area (Å²) in [6.45, 7) is 2.63. The number of carbonyl (C=O) groups excluding carboxylic acids is 1. The van der Waals surface area contributed by atoms with Crippen molar-refractivity contribution >= 4 is 5.78 Å². The minimum atomic E-state index is 0.293. The smallest absolute Gasteiger partial charge is 0.166 e. The zero-order chi connectivity index (χ0) is 12.5. The standard InChI is InChI=1S/C16H20O2/c1-2-18-14-7-5-12(6-8-14)16(17)15-10-11-3-4-13(15)9-11/h5-8,11,13,15H,2-4,9-10H2,1H3. The maximum absolute atomic E-state index is 12.5. The molecule has 1 aromatic carbocycles. The van der Waals surface area contributed by atoms with Crippen molar-refractivity contribution in [1.82, 2.24) is 0 Å². The molecular weight excluding hydrogens is 224 g/mol. The molecule has 0 radical (unpaired) electrons. The van der Waals surface area contributed by atoms with Gasteiger partial charge in [0, 0.05) is 11.5 Å². The van der Waals surface area contributed by atoms with Crippen molar-refractivity contribution in [1.29, 1.82) is 0 Å². The molecule has 2 aliphatic rings. The number of hydrogen-bond donors (Lipinski definition) is 0. The third kappa shape index (κ3) is 2.05. The summed E-state index contributed by atoms with van der Waals surface area (Å²) in [5.41, 5.74) is 0.857. The zero-order valence-corrected chi connectivity index (χ0v) is 10.9. The summed E-state index contributed by atoms with van der Waals surface area (Å²) in [6, 6.07) is 7.65. The molecule has 0 saturated heterocycles. The lowest BCUT2D eigenvalue weighted by Crippen LogP contribution is -2.20. The first-order valence-corrected chi connectivity index (χ1v) is 7.05. The van der Waals surface area contributed by atoms with Gasteiger partial charge in [0.05, 0.1) is 6.61 Å². The summed E-state index contributed by atoms with van der Waals surface area (Å²) in [5.74, 6) is 2.98. The predicted molar refractivity (Wildman–Crippen MR) is 70.9 cm³/mol. The number of hydrogen-bond acceptors (Lipinski definition) is 2. The molecule has 3 rings (SSSR count). The van der Waals surface area contributed by atoms with E-state index in [0.717, 1.165) is 23.7 Å². The Morgan fingerprint density at radius 2 is 2.00 bits per heavy atom. The Bertz CT molecular complexity index is 435. The van der Waals surface area contributed by atoms with Gasteiger partial charge in [-0.25, -0.2) is 0 Å². The maximum Gasteiger partial charge on any atom is 0.166 e. The second-order valence-corrected chi connectivity index (χ2v) is 5.60. The van der Waals surface area contributed by atoms with Crippen molar-refractivity contribution < 1.29 is 9.53 Å². The Balaban J connectivity index is 1.72. The van der Waals surface area contributed by atoms with E-state index in [0.29, 0.717) is 24.2 Å². The third-order valence-electron chi connectivity index (χ3n) is 4.52. The average molecular weight is 244 g/mol. The summed E-state index contributed by atoms with van der Waals surface area (Å²) in [5, 5.41) is 0. The van der Waals surface area contributed by atoms with Gasteiger partial charge < -0.3 is 4.74 Å². The Labute approximate surface area is 108 Å². The number of fused-ring (bicyclic) bond motifs is 2. The van der Waals surface area contributed by atoms with Gasteiger partial charge in [-0.1, -0.05) is 6.42 Å². The van der Waals surface area contributed by atoms with Crippen LogP contribution in [0, 0.1) is 17.8 Å². The molecule has 1 aromatic rings. The van der Waals surface area contributed by atoms with Crippen LogP contribution in [0.5, 0.6) is 5.75 Å². The van der Waals surface area contributed by atoms with Crippen LogP contribution in [0.2, 0.25) is 0 Å². The van der Waals surface area contributed by atoms with Gasteiger partial charge in [0.1, 0.15) is 5.75 Å². The van der Waals surface area contributed by atoms with Crippen LogP contribution in [0.4, 0.5) is 0 Å². The molecule has 0 aliphatic heterocycles. The summed E-state index contributed by atoms with van der Waals surface area (Å²) >= 11 is 0. The molecule has 3 atom stereocenters. The van der Waals surface area contributed by atoms with Crippen LogP contribution >= 0.6 is 0 Å². The number of benzene rings is 1. The number of rotatable bonds is 4. The van der Waals surface area contributed by atoms with Crippen LogP contribution in [0.15, 0.2) is 24.3 Å². The lowest BCUT2D eigenvalue weighted by atomic mass is 9.83.